The summed E-state index contributed by atoms with van der Waals surface area (Å²) in [6, 6.07) is 12.6. The van der Waals surface area contributed by atoms with Gasteiger partial charge >= 0.3 is 0 Å². The van der Waals surface area contributed by atoms with E-state index in [1.165, 1.54) is 0 Å². The van der Waals surface area contributed by atoms with Crippen LogP contribution >= 0.6 is 0 Å². The Bertz CT molecular complexity index is 1030. The second-order valence-corrected chi connectivity index (χ2v) is 9.92. The summed E-state index contributed by atoms with van der Waals surface area (Å²) in [7, 11) is -2.07. The Kier molecular flexibility index (Phi) is 8.28. The van der Waals surface area contributed by atoms with Gasteiger partial charge in [-0.25, -0.2) is 13.1 Å². The number of rotatable bonds is 10. The van der Waals surface area contributed by atoms with E-state index in [-0.39, 0.29) is 29.9 Å². The first-order chi connectivity index (χ1) is 15.3. The van der Waals surface area contributed by atoms with Crippen molar-refractivity contribution >= 4 is 15.9 Å². The number of nitrogens with one attached hydrogen (secondary N) is 1. The number of amides is 1. The molecule has 1 amide bonds. The maximum Gasteiger partial charge on any atom is 0.240 e. The molecule has 0 radical (unpaired) electrons. The topological polar surface area (TPSA) is 84.9 Å². The highest BCUT2D eigenvalue weighted by atomic mass is 32.2. The van der Waals surface area contributed by atoms with E-state index in [9.17, 15) is 13.2 Å². The predicted molar refractivity (Wildman–Crippen MR) is 123 cm³/mol. The number of methoxy groups -OCH3 is 1. The summed E-state index contributed by atoms with van der Waals surface area (Å²) in [5.74, 6) is 0.610. The molecule has 2 aromatic rings. The lowest BCUT2D eigenvalue weighted by atomic mass is 10.1. The smallest absolute Gasteiger partial charge is 0.240 e. The Morgan fingerprint density at radius 1 is 1.19 bits per heavy atom. The summed E-state index contributed by atoms with van der Waals surface area (Å²) >= 11 is 0. The molecule has 0 aromatic heterocycles. The first kappa shape index (κ1) is 24.2. The number of hydrogen-bond acceptors (Lipinski definition) is 5. The van der Waals surface area contributed by atoms with Crippen LogP contribution in [0.25, 0.3) is 0 Å². The van der Waals surface area contributed by atoms with E-state index in [2.05, 4.69) is 4.72 Å². The highest BCUT2D eigenvalue weighted by Crippen LogP contribution is 2.19. The second-order valence-electron chi connectivity index (χ2n) is 8.15. The van der Waals surface area contributed by atoms with E-state index in [1.807, 2.05) is 38.1 Å². The zero-order chi connectivity index (χ0) is 23.1. The van der Waals surface area contributed by atoms with Gasteiger partial charge in [0.15, 0.2) is 0 Å². The first-order valence-corrected chi connectivity index (χ1v) is 12.4. The van der Waals surface area contributed by atoms with Crippen LogP contribution in [0.15, 0.2) is 47.4 Å². The van der Waals surface area contributed by atoms with Gasteiger partial charge in [-0.1, -0.05) is 18.2 Å². The number of carbonyl (C=O) groups excluding carboxylic acids is 1. The van der Waals surface area contributed by atoms with Gasteiger partial charge in [0, 0.05) is 32.7 Å². The summed E-state index contributed by atoms with van der Waals surface area (Å²) < 4.78 is 38.8. The fourth-order valence-electron chi connectivity index (χ4n) is 3.69. The number of benzene rings is 2. The molecule has 0 bridgehead atoms. The van der Waals surface area contributed by atoms with Crippen molar-refractivity contribution < 1.29 is 22.7 Å². The molecule has 0 aliphatic carbocycles. The fraction of sp³-hybridized carbons (Fsp3) is 0.458. The third kappa shape index (κ3) is 6.54. The molecule has 7 nitrogen and oxygen atoms in total. The van der Waals surface area contributed by atoms with E-state index in [0.717, 1.165) is 35.3 Å². The molecule has 1 N–H and O–H groups in total. The SMILES string of the molecule is COc1cccc(CN(CC2CCCO2)C(=O)CCNS(=O)(=O)c2ccc(C)c(C)c2)c1. The van der Waals surface area contributed by atoms with Gasteiger partial charge in [-0.2, -0.15) is 0 Å². The summed E-state index contributed by atoms with van der Waals surface area (Å²) in [4.78, 5) is 15.0. The Hall–Kier alpha value is -2.42. The lowest BCUT2D eigenvalue weighted by Gasteiger charge is -2.26. The Labute approximate surface area is 190 Å². The number of nitrogens with zero attached hydrogens (tertiary/aromatic N) is 1. The Balaban J connectivity index is 1.63. The zero-order valence-corrected chi connectivity index (χ0v) is 19.8. The van der Waals surface area contributed by atoms with Crippen LogP contribution < -0.4 is 9.46 Å². The minimum Gasteiger partial charge on any atom is -0.497 e. The third-order valence-corrected chi connectivity index (χ3v) is 7.19. The lowest BCUT2D eigenvalue weighted by molar-refractivity contribution is -0.133. The monoisotopic (exact) mass is 460 g/mol. The number of aryl methyl sites for hydroxylation is 2. The molecule has 1 aliphatic heterocycles. The summed E-state index contributed by atoms with van der Waals surface area (Å²) in [5.41, 5.74) is 2.89. The van der Waals surface area contributed by atoms with Crippen LogP contribution in [0.4, 0.5) is 0 Å². The van der Waals surface area contributed by atoms with Crippen molar-refractivity contribution in [3.05, 3.63) is 59.2 Å². The summed E-state index contributed by atoms with van der Waals surface area (Å²) in [5, 5.41) is 0. The van der Waals surface area contributed by atoms with E-state index in [0.29, 0.717) is 19.7 Å². The quantitative estimate of drug-likeness (QED) is 0.589. The molecule has 1 aliphatic rings. The van der Waals surface area contributed by atoms with Gasteiger partial charge in [-0.3, -0.25) is 4.79 Å². The Morgan fingerprint density at radius 3 is 2.69 bits per heavy atom. The van der Waals surface area contributed by atoms with Crippen LogP contribution in [0.2, 0.25) is 0 Å². The lowest BCUT2D eigenvalue weighted by Crippen LogP contribution is -2.38. The second kappa shape index (κ2) is 10.9. The molecule has 2 aromatic carbocycles. The van der Waals surface area contributed by atoms with Gasteiger partial charge in [0.2, 0.25) is 15.9 Å². The molecule has 1 fully saturated rings. The maximum absolute atomic E-state index is 13.0. The zero-order valence-electron chi connectivity index (χ0n) is 19.0. The van der Waals surface area contributed by atoms with E-state index in [1.54, 1.807) is 30.2 Å². The number of ether oxygens (including phenoxy) is 2. The molecule has 0 spiro atoms. The number of carbonyl (C=O) groups is 1. The minimum atomic E-state index is -3.67. The molecule has 174 valence electrons. The van der Waals surface area contributed by atoms with Gasteiger partial charge in [0.25, 0.3) is 0 Å². The van der Waals surface area contributed by atoms with E-state index >= 15 is 0 Å². The van der Waals surface area contributed by atoms with Gasteiger partial charge in [-0.15, -0.1) is 0 Å². The van der Waals surface area contributed by atoms with Crippen molar-refractivity contribution in [1.82, 2.24) is 9.62 Å². The molecule has 1 atom stereocenters. The highest BCUT2D eigenvalue weighted by Gasteiger charge is 2.23. The van der Waals surface area contributed by atoms with Crippen LogP contribution in [0.1, 0.15) is 36.0 Å². The van der Waals surface area contributed by atoms with Crippen molar-refractivity contribution in [2.45, 2.75) is 50.7 Å². The van der Waals surface area contributed by atoms with Gasteiger partial charge in [-0.05, 0) is 67.6 Å². The molecule has 8 heteroatoms. The van der Waals surface area contributed by atoms with Crippen molar-refractivity contribution in [1.29, 1.82) is 0 Å². The van der Waals surface area contributed by atoms with Crippen molar-refractivity contribution in [2.24, 2.45) is 0 Å². The normalized spacial score (nSPS) is 16.2. The third-order valence-electron chi connectivity index (χ3n) is 5.73. The standard InChI is InChI=1S/C24H32N2O5S/c1-18-9-10-23(14-19(18)2)32(28,29)25-12-11-24(27)26(17-22-8-5-13-31-22)16-20-6-4-7-21(15-20)30-3/h4,6-7,9-10,14-15,22,25H,5,8,11-13,16-17H2,1-3H3. The van der Waals surface area contributed by atoms with Crippen molar-refractivity contribution in [2.75, 3.05) is 26.8 Å². The van der Waals surface area contributed by atoms with Crippen molar-refractivity contribution in [3.8, 4) is 5.75 Å². The molecule has 1 saturated heterocycles. The highest BCUT2D eigenvalue weighted by molar-refractivity contribution is 7.89. The molecular formula is C24H32N2O5S. The summed E-state index contributed by atoms with van der Waals surface area (Å²) in [6.45, 7) is 5.46. The van der Waals surface area contributed by atoms with E-state index in [4.69, 9.17) is 9.47 Å². The summed E-state index contributed by atoms with van der Waals surface area (Å²) in [6.07, 6.45) is 1.99. The molecule has 32 heavy (non-hydrogen) atoms. The van der Waals surface area contributed by atoms with Crippen LogP contribution in [-0.2, 0) is 26.1 Å². The van der Waals surface area contributed by atoms with Crippen molar-refractivity contribution in [3.63, 3.8) is 0 Å². The van der Waals surface area contributed by atoms with Gasteiger partial charge in [0.05, 0.1) is 18.1 Å². The first-order valence-electron chi connectivity index (χ1n) is 10.9. The minimum absolute atomic E-state index is 0.0109. The van der Waals surface area contributed by atoms with Crippen LogP contribution in [0.3, 0.4) is 0 Å². The average molecular weight is 461 g/mol. The largest absolute Gasteiger partial charge is 0.497 e. The van der Waals surface area contributed by atoms with Gasteiger partial charge in [0.1, 0.15) is 5.75 Å². The molecule has 3 rings (SSSR count). The molecule has 0 saturated carbocycles. The van der Waals surface area contributed by atoms with Gasteiger partial charge < -0.3 is 14.4 Å². The predicted octanol–water partition coefficient (Wildman–Crippen LogP) is 3.19. The Morgan fingerprint density at radius 2 is 2.00 bits per heavy atom. The van der Waals surface area contributed by atoms with Crippen LogP contribution in [0.5, 0.6) is 5.75 Å². The molecule has 1 heterocycles. The average Bonchev–Trinajstić information content (AvgIpc) is 3.28. The van der Waals surface area contributed by atoms with Crippen LogP contribution in [-0.4, -0.2) is 52.1 Å². The number of hydrogen-bond donors (Lipinski definition) is 1. The maximum atomic E-state index is 13.0. The van der Waals surface area contributed by atoms with E-state index < -0.39 is 10.0 Å². The van der Waals surface area contributed by atoms with Crippen LogP contribution in [0, 0.1) is 13.8 Å². The number of sulfonamides is 1. The molecular weight excluding hydrogens is 428 g/mol. The molecule has 1 unspecified atom stereocenters. The fourth-order valence-corrected chi connectivity index (χ4v) is 4.81.